The largest absolute Gasteiger partial charge is 0.447 e. The predicted octanol–water partition coefficient (Wildman–Crippen LogP) is 5.11. The van der Waals surface area contributed by atoms with Crippen LogP contribution in [0, 0.1) is 19.3 Å². The summed E-state index contributed by atoms with van der Waals surface area (Å²) in [7, 11) is 0. The Morgan fingerprint density at radius 3 is 2.33 bits per heavy atom. The summed E-state index contributed by atoms with van der Waals surface area (Å²) in [6.45, 7) is 5.48. The van der Waals surface area contributed by atoms with Crippen molar-refractivity contribution >= 4 is 40.8 Å². The first-order valence-corrected chi connectivity index (χ1v) is 9.42. The first-order chi connectivity index (χ1) is 12.6. The number of hydrogen-bond acceptors (Lipinski definition) is 3. The summed E-state index contributed by atoms with van der Waals surface area (Å²) in [4.78, 5) is 25.6. The van der Waals surface area contributed by atoms with E-state index in [-0.39, 0.29) is 0 Å². The SMILES string of the molecule is Cc1ccc(C)c(NC(=O)[C@H](OC(=O)[C@@]2(C)CC2(Cl)Cl)c2ccccc2)c1. The van der Waals surface area contributed by atoms with Crippen molar-refractivity contribution in [1.82, 2.24) is 0 Å². The smallest absolute Gasteiger partial charge is 0.316 e. The third-order valence-corrected chi connectivity index (χ3v) is 6.03. The number of esters is 1. The van der Waals surface area contributed by atoms with E-state index in [0.29, 0.717) is 17.7 Å². The Balaban J connectivity index is 1.85. The zero-order valence-electron chi connectivity index (χ0n) is 15.4. The van der Waals surface area contributed by atoms with Gasteiger partial charge in [-0.2, -0.15) is 0 Å². The number of nitrogens with one attached hydrogen (secondary N) is 1. The molecule has 0 saturated heterocycles. The molecule has 0 bridgehead atoms. The van der Waals surface area contributed by atoms with E-state index in [0.717, 1.165) is 11.1 Å². The number of anilines is 1. The number of ether oxygens (including phenoxy) is 1. The van der Waals surface area contributed by atoms with Gasteiger partial charge in [-0.05, 0) is 38.0 Å². The molecule has 2 aromatic rings. The van der Waals surface area contributed by atoms with Gasteiger partial charge >= 0.3 is 5.97 Å². The highest BCUT2D eigenvalue weighted by Crippen LogP contribution is 2.64. The molecule has 2 aromatic carbocycles. The minimum Gasteiger partial charge on any atom is -0.447 e. The first-order valence-electron chi connectivity index (χ1n) is 8.66. The molecular weight excluding hydrogens is 385 g/mol. The van der Waals surface area contributed by atoms with Crippen LogP contribution in [0.25, 0.3) is 0 Å². The number of amides is 1. The van der Waals surface area contributed by atoms with E-state index < -0.39 is 27.7 Å². The Labute approximate surface area is 168 Å². The van der Waals surface area contributed by atoms with Crippen LogP contribution in [0.3, 0.4) is 0 Å². The molecule has 1 saturated carbocycles. The van der Waals surface area contributed by atoms with Crippen molar-refractivity contribution in [2.45, 2.75) is 37.6 Å². The number of halogens is 2. The first kappa shape index (κ1) is 19.7. The summed E-state index contributed by atoms with van der Waals surface area (Å²) in [6.07, 6.45) is -0.803. The molecular formula is C21H21Cl2NO3. The maximum atomic E-state index is 13.0. The third-order valence-electron chi connectivity index (χ3n) is 4.92. The van der Waals surface area contributed by atoms with Crippen LogP contribution in [0.5, 0.6) is 0 Å². The van der Waals surface area contributed by atoms with Crippen molar-refractivity contribution in [2.75, 3.05) is 5.32 Å². The molecule has 1 fully saturated rings. The zero-order valence-corrected chi connectivity index (χ0v) is 16.9. The van der Waals surface area contributed by atoms with Crippen LogP contribution in [0.4, 0.5) is 5.69 Å². The highest BCUT2D eigenvalue weighted by Gasteiger charge is 2.69. The van der Waals surface area contributed by atoms with E-state index in [2.05, 4.69) is 5.32 Å². The minimum absolute atomic E-state index is 0.294. The lowest BCUT2D eigenvalue weighted by Crippen LogP contribution is -2.30. The van der Waals surface area contributed by atoms with Crippen LogP contribution in [0.2, 0.25) is 0 Å². The Bertz CT molecular complexity index is 882. The predicted molar refractivity (Wildman–Crippen MR) is 107 cm³/mol. The van der Waals surface area contributed by atoms with Gasteiger partial charge in [-0.1, -0.05) is 42.5 Å². The second kappa shape index (κ2) is 7.17. The van der Waals surface area contributed by atoms with E-state index in [1.165, 1.54) is 0 Å². The Kier molecular flexibility index (Phi) is 5.24. The average Bonchev–Trinajstić information content (AvgIpc) is 3.15. The van der Waals surface area contributed by atoms with Gasteiger partial charge in [0.2, 0.25) is 6.10 Å². The molecule has 0 aliphatic heterocycles. The van der Waals surface area contributed by atoms with Crippen LogP contribution < -0.4 is 5.32 Å². The van der Waals surface area contributed by atoms with Gasteiger partial charge < -0.3 is 10.1 Å². The monoisotopic (exact) mass is 405 g/mol. The Morgan fingerprint density at radius 2 is 1.74 bits per heavy atom. The van der Waals surface area contributed by atoms with Gasteiger partial charge in [0.1, 0.15) is 9.75 Å². The lowest BCUT2D eigenvalue weighted by atomic mass is 10.1. The number of carbonyl (C=O) groups excluding carboxylic acids is 2. The van der Waals surface area contributed by atoms with Gasteiger partial charge in [0.15, 0.2) is 0 Å². The van der Waals surface area contributed by atoms with Gasteiger partial charge in [-0.25, -0.2) is 0 Å². The summed E-state index contributed by atoms with van der Waals surface area (Å²) < 4.78 is 4.43. The standard InChI is InChI=1S/C21H21Cl2NO3/c1-13-9-10-14(2)16(11-13)24-18(25)17(15-7-5-4-6-8-15)27-19(26)20(3)12-21(20,22)23/h4-11,17H,12H2,1-3H3,(H,24,25)/t17-,20-/m1/s1. The molecule has 27 heavy (non-hydrogen) atoms. The molecule has 1 aliphatic carbocycles. The summed E-state index contributed by atoms with van der Waals surface area (Å²) in [5.74, 6) is -1.01. The van der Waals surface area contributed by atoms with E-state index in [1.807, 2.05) is 38.1 Å². The molecule has 4 nitrogen and oxygen atoms in total. The molecule has 0 aromatic heterocycles. The maximum absolute atomic E-state index is 13.0. The van der Waals surface area contributed by atoms with E-state index in [4.69, 9.17) is 27.9 Å². The zero-order chi connectivity index (χ0) is 19.8. The molecule has 0 spiro atoms. The average molecular weight is 406 g/mol. The Hall–Kier alpha value is -2.04. The lowest BCUT2D eigenvalue weighted by molar-refractivity contribution is -0.159. The summed E-state index contributed by atoms with van der Waals surface area (Å²) in [5.41, 5.74) is 2.18. The number of rotatable bonds is 5. The van der Waals surface area contributed by atoms with Crippen molar-refractivity contribution in [3.63, 3.8) is 0 Å². The maximum Gasteiger partial charge on any atom is 0.316 e. The van der Waals surface area contributed by atoms with Gasteiger partial charge in [-0.15, -0.1) is 23.2 Å². The molecule has 0 radical (unpaired) electrons. The van der Waals surface area contributed by atoms with Crippen LogP contribution in [0.1, 0.15) is 36.1 Å². The summed E-state index contributed by atoms with van der Waals surface area (Å²) in [5, 5.41) is 2.87. The summed E-state index contributed by atoms with van der Waals surface area (Å²) in [6, 6.07) is 14.6. The van der Waals surface area contributed by atoms with Gasteiger partial charge in [0.25, 0.3) is 5.91 Å². The molecule has 1 N–H and O–H groups in total. The molecule has 1 amide bonds. The number of hydrogen-bond donors (Lipinski definition) is 1. The fourth-order valence-corrected chi connectivity index (χ4v) is 3.52. The molecule has 1 aliphatic rings. The normalized spacial score (nSPS) is 21.2. The lowest BCUT2D eigenvalue weighted by Gasteiger charge is -2.21. The van der Waals surface area contributed by atoms with Gasteiger partial charge in [0.05, 0.1) is 0 Å². The van der Waals surface area contributed by atoms with E-state index in [9.17, 15) is 9.59 Å². The number of benzene rings is 2. The van der Waals surface area contributed by atoms with Crippen LogP contribution in [0.15, 0.2) is 48.5 Å². The second-order valence-electron chi connectivity index (χ2n) is 7.22. The van der Waals surface area contributed by atoms with Crippen molar-refractivity contribution in [3.05, 3.63) is 65.2 Å². The van der Waals surface area contributed by atoms with E-state index >= 15 is 0 Å². The van der Waals surface area contributed by atoms with Crippen LogP contribution in [-0.4, -0.2) is 16.2 Å². The fourth-order valence-electron chi connectivity index (χ4n) is 2.83. The second-order valence-corrected chi connectivity index (χ2v) is 8.70. The van der Waals surface area contributed by atoms with Crippen LogP contribution >= 0.6 is 23.2 Å². The van der Waals surface area contributed by atoms with Crippen molar-refractivity contribution in [1.29, 1.82) is 0 Å². The van der Waals surface area contributed by atoms with E-state index in [1.54, 1.807) is 31.2 Å². The Morgan fingerprint density at radius 1 is 1.11 bits per heavy atom. The molecule has 2 atom stereocenters. The third kappa shape index (κ3) is 3.97. The number of alkyl halides is 2. The van der Waals surface area contributed by atoms with Crippen molar-refractivity contribution < 1.29 is 14.3 Å². The number of carbonyl (C=O) groups is 2. The van der Waals surface area contributed by atoms with Gasteiger partial charge in [0, 0.05) is 17.7 Å². The minimum atomic E-state index is -1.16. The topological polar surface area (TPSA) is 55.4 Å². The summed E-state index contributed by atoms with van der Waals surface area (Å²) >= 11 is 12.2. The van der Waals surface area contributed by atoms with Crippen molar-refractivity contribution in [2.24, 2.45) is 5.41 Å². The molecule has 0 unspecified atom stereocenters. The molecule has 6 heteroatoms. The molecule has 142 valence electrons. The van der Waals surface area contributed by atoms with Crippen LogP contribution in [-0.2, 0) is 14.3 Å². The molecule has 0 heterocycles. The number of aryl methyl sites for hydroxylation is 2. The quantitative estimate of drug-likeness (QED) is 0.555. The fraction of sp³-hybridized carbons (Fsp3) is 0.333. The highest BCUT2D eigenvalue weighted by atomic mass is 35.5. The highest BCUT2D eigenvalue weighted by molar-refractivity contribution is 6.53. The van der Waals surface area contributed by atoms with Crippen molar-refractivity contribution in [3.8, 4) is 0 Å². The molecule has 3 rings (SSSR count). The van der Waals surface area contributed by atoms with Gasteiger partial charge in [-0.3, -0.25) is 9.59 Å².